The molecule has 2 aromatic rings. The van der Waals surface area contributed by atoms with Gasteiger partial charge in [-0.25, -0.2) is 0 Å². The van der Waals surface area contributed by atoms with Crippen LogP contribution in [0.15, 0.2) is 47.2 Å². The van der Waals surface area contributed by atoms with E-state index in [4.69, 9.17) is 4.33 Å². The summed E-state index contributed by atoms with van der Waals surface area (Å²) in [6, 6.07) is 10.0. The molecule has 62 valence electrons. The van der Waals surface area contributed by atoms with Gasteiger partial charge >= 0.3 is 77.3 Å². The van der Waals surface area contributed by atoms with Crippen molar-refractivity contribution < 1.29 is 4.33 Å². The van der Waals surface area contributed by atoms with Crippen molar-refractivity contribution in [1.82, 2.24) is 0 Å². The van der Waals surface area contributed by atoms with E-state index in [1.54, 1.807) is 13.2 Å². The third-order valence-electron chi connectivity index (χ3n) is 1.95. The van der Waals surface area contributed by atoms with Gasteiger partial charge in [0.25, 0.3) is 0 Å². The fourth-order valence-corrected chi connectivity index (χ4v) is 1.30. The first-order valence-corrected chi connectivity index (χ1v) is 4.17. The van der Waals surface area contributed by atoms with Crippen molar-refractivity contribution in [1.29, 1.82) is 0 Å². The maximum atomic E-state index is 5.37. The van der Waals surface area contributed by atoms with Crippen molar-refractivity contribution in [2.75, 3.05) is 0 Å². The first-order chi connectivity index (χ1) is 6.42. The van der Waals surface area contributed by atoms with E-state index in [2.05, 4.69) is 6.58 Å². The van der Waals surface area contributed by atoms with Crippen LogP contribution in [0.4, 0.5) is 0 Å². The Balaban J connectivity index is 2.52. The molecule has 0 bridgehead atoms. The first-order valence-electron chi connectivity index (χ1n) is 4.17. The van der Waals surface area contributed by atoms with E-state index >= 15 is 0 Å². The van der Waals surface area contributed by atoms with E-state index in [1.165, 1.54) is 0 Å². The molecule has 1 heterocycles. The first kappa shape index (κ1) is 8.05. The van der Waals surface area contributed by atoms with E-state index in [1.807, 2.05) is 36.3 Å². The minimum absolute atomic E-state index is 0.885. The molecule has 0 N–H and O–H groups in total. The molecule has 0 fully saturated rings. The van der Waals surface area contributed by atoms with E-state index in [-0.39, 0.29) is 0 Å². The normalized spacial score (nSPS) is 9.54. The van der Waals surface area contributed by atoms with Crippen molar-refractivity contribution in [2.45, 2.75) is 0 Å². The fraction of sp³-hybridized carbons (Fsp3) is 0. The van der Waals surface area contributed by atoms with Crippen LogP contribution in [-0.4, -0.2) is 7.13 Å². The Bertz CT molecular complexity index is 403. The summed E-state index contributed by atoms with van der Waals surface area (Å²) in [5.41, 5.74) is 2.12. The second-order valence-corrected chi connectivity index (χ2v) is 2.78. The van der Waals surface area contributed by atoms with Gasteiger partial charge in [0.2, 0.25) is 0 Å². The molecular formula is C11H9BO. The maximum absolute atomic E-state index is 5.37. The molecule has 1 aromatic heterocycles. The van der Waals surface area contributed by atoms with Crippen LogP contribution in [0.2, 0.25) is 0 Å². The number of hydrogen-bond acceptors (Lipinski definition) is 1. The second kappa shape index (κ2) is 3.44. The van der Waals surface area contributed by atoms with Crippen molar-refractivity contribution in [3.63, 3.8) is 0 Å². The Morgan fingerprint density at radius 2 is 2.00 bits per heavy atom. The summed E-state index contributed by atoms with van der Waals surface area (Å²) in [5, 5.41) is 0. The molecule has 0 aliphatic rings. The van der Waals surface area contributed by atoms with E-state index in [9.17, 15) is 0 Å². The monoisotopic (exact) mass is 168 g/mol. The quantitative estimate of drug-likeness (QED) is 0.671. The van der Waals surface area contributed by atoms with Gasteiger partial charge in [-0.05, 0) is 0 Å². The molecule has 0 spiro atoms. The summed E-state index contributed by atoms with van der Waals surface area (Å²) in [5.74, 6) is 2.80. The van der Waals surface area contributed by atoms with Gasteiger partial charge in [0, 0.05) is 0 Å². The van der Waals surface area contributed by atoms with Gasteiger partial charge in [0.15, 0.2) is 0 Å². The van der Waals surface area contributed by atoms with Gasteiger partial charge < -0.3 is 0 Å². The molecule has 1 aromatic carbocycles. The van der Waals surface area contributed by atoms with E-state index in [0.717, 1.165) is 16.9 Å². The van der Waals surface area contributed by atoms with Crippen LogP contribution in [0.25, 0.3) is 17.4 Å². The Kier molecular flexibility index (Phi) is 2.13. The Morgan fingerprint density at radius 1 is 1.23 bits per heavy atom. The summed E-state index contributed by atoms with van der Waals surface area (Å²) >= 11 is 0. The molecule has 2 heteroatoms. The van der Waals surface area contributed by atoms with Crippen LogP contribution in [-0.2, 0) is 0 Å². The Labute approximate surface area is 78.0 Å². The standard InChI is InChI=1S/C11H9BO/c1-2-9-8-12-13-11(9)10-6-4-3-5-7-10/h2-8H,1H2. The molecule has 13 heavy (non-hydrogen) atoms. The Morgan fingerprint density at radius 3 is 2.69 bits per heavy atom. The van der Waals surface area contributed by atoms with Crippen molar-refractivity contribution in [2.24, 2.45) is 0 Å². The van der Waals surface area contributed by atoms with Crippen molar-refractivity contribution >= 4 is 13.2 Å². The molecule has 0 aliphatic carbocycles. The zero-order valence-electron chi connectivity index (χ0n) is 7.23. The van der Waals surface area contributed by atoms with Gasteiger partial charge in [-0.3, -0.25) is 0 Å². The average molecular weight is 168 g/mol. The molecule has 2 rings (SSSR count). The molecule has 0 unspecified atom stereocenters. The number of benzene rings is 1. The molecular weight excluding hydrogens is 159 g/mol. The summed E-state index contributed by atoms with van der Waals surface area (Å²) in [6.45, 7) is 3.73. The van der Waals surface area contributed by atoms with Gasteiger partial charge in [-0.2, -0.15) is 0 Å². The molecule has 1 nitrogen and oxygen atoms in total. The molecule has 0 radical (unpaired) electrons. The van der Waals surface area contributed by atoms with Gasteiger partial charge in [-0.15, -0.1) is 0 Å². The van der Waals surface area contributed by atoms with Crippen LogP contribution < -0.4 is 0 Å². The minimum atomic E-state index is 0.885. The number of rotatable bonds is 2. The van der Waals surface area contributed by atoms with Crippen LogP contribution in [0.3, 0.4) is 0 Å². The topological polar surface area (TPSA) is 13.1 Å². The van der Waals surface area contributed by atoms with Gasteiger partial charge in [0.1, 0.15) is 0 Å². The fourth-order valence-electron chi connectivity index (χ4n) is 1.30. The second-order valence-electron chi connectivity index (χ2n) is 2.78. The Hall–Kier alpha value is -1.57. The van der Waals surface area contributed by atoms with Crippen LogP contribution in [0.1, 0.15) is 5.56 Å². The summed E-state index contributed by atoms with van der Waals surface area (Å²) < 4.78 is 5.37. The average Bonchev–Trinajstić information content (AvgIpc) is 2.67. The summed E-state index contributed by atoms with van der Waals surface area (Å²) in [4.78, 5) is 0. The number of hydrogen-bond donors (Lipinski definition) is 0. The summed E-state index contributed by atoms with van der Waals surface area (Å²) in [7, 11) is 1.68. The van der Waals surface area contributed by atoms with Crippen LogP contribution in [0.5, 0.6) is 0 Å². The predicted octanol–water partition coefficient (Wildman–Crippen LogP) is 2.93. The zero-order chi connectivity index (χ0) is 9.10. The van der Waals surface area contributed by atoms with Gasteiger partial charge in [-0.1, -0.05) is 0 Å². The summed E-state index contributed by atoms with van der Waals surface area (Å²) in [6.07, 6.45) is 1.80. The molecule has 0 aliphatic heterocycles. The van der Waals surface area contributed by atoms with E-state index in [0.29, 0.717) is 0 Å². The third kappa shape index (κ3) is 1.48. The van der Waals surface area contributed by atoms with E-state index < -0.39 is 0 Å². The predicted molar refractivity (Wildman–Crippen MR) is 55.6 cm³/mol. The van der Waals surface area contributed by atoms with Crippen molar-refractivity contribution in [3.8, 4) is 11.3 Å². The zero-order valence-corrected chi connectivity index (χ0v) is 7.23. The molecule has 0 saturated carbocycles. The van der Waals surface area contributed by atoms with Crippen LogP contribution in [0, 0.1) is 0 Å². The van der Waals surface area contributed by atoms with Crippen molar-refractivity contribution in [3.05, 3.63) is 48.4 Å². The van der Waals surface area contributed by atoms with Crippen LogP contribution >= 0.6 is 0 Å². The SMILES string of the molecule is C=Cc1cboc1-c1ccccc1. The molecule has 0 amide bonds. The third-order valence-corrected chi connectivity index (χ3v) is 1.95. The molecule has 0 atom stereocenters. The molecule has 0 saturated heterocycles. The van der Waals surface area contributed by atoms with Gasteiger partial charge in [0.05, 0.1) is 0 Å².